The lowest BCUT2D eigenvalue weighted by Gasteiger charge is -2.32. The fraction of sp³-hybridized carbons (Fsp3) is 0.533. The first-order valence-corrected chi connectivity index (χ1v) is 8.27. The van der Waals surface area contributed by atoms with Gasteiger partial charge < -0.3 is 24.9 Å². The fourth-order valence-corrected chi connectivity index (χ4v) is 3.16. The molecular weight excluding hydrogens is 324 g/mol. The lowest BCUT2D eigenvalue weighted by molar-refractivity contribution is 0.199. The molecule has 3 N–H and O–H groups in total. The van der Waals surface area contributed by atoms with E-state index in [1.807, 2.05) is 0 Å². The maximum atomic E-state index is 5.83. The molecule has 1 aliphatic rings. The summed E-state index contributed by atoms with van der Waals surface area (Å²) < 4.78 is 10.5. The number of nitrogens with zero attached hydrogens (tertiary/aromatic N) is 6. The predicted molar refractivity (Wildman–Crippen MR) is 90.2 cm³/mol. The van der Waals surface area contributed by atoms with Crippen LogP contribution < -0.4 is 10.6 Å². The SMILES string of the molecule is COCCc1noc([C@H]2CCCN(c3nc(N)nc4nc[nH]c34)C2)n1. The van der Waals surface area contributed by atoms with Crippen molar-refractivity contribution in [2.75, 3.05) is 37.4 Å². The molecule has 0 radical (unpaired) electrons. The quantitative estimate of drug-likeness (QED) is 0.692. The van der Waals surface area contributed by atoms with Gasteiger partial charge in [-0.15, -0.1) is 0 Å². The van der Waals surface area contributed by atoms with E-state index in [0.29, 0.717) is 30.4 Å². The van der Waals surface area contributed by atoms with Gasteiger partial charge in [-0.3, -0.25) is 0 Å². The molecule has 0 saturated carbocycles. The summed E-state index contributed by atoms with van der Waals surface area (Å²) in [6.45, 7) is 2.19. The molecule has 3 aromatic rings. The van der Waals surface area contributed by atoms with Gasteiger partial charge in [0.25, 0.3) is 0 Å². The van der Waals surface area contributed by atoms with E-state index < -0.39 is 0 Å². The second kappa shape index (κ2) is 6.63. The molecule has 1 atom stereocenters. The molecule has 0 spiro atoms. The van der Waals surface area contributed by atoms with Crippen LogP contribution in [0.15, 0.2) is 10.9 Å². The minimum absolute atomic E-state index is 0.159. The number of rotatable bonds is 5. The summed E-state index contributed by atoms with van der Waals surface area (Å²) in [4.78, 5) is 22.5. The molecule has 1 fully saturated rings. The lowest BCUT2D eigenvalue weighted by Crippen LogP contribution is -2.35. The number of aromatic amines is 1. The zero-order valence-electron chi connectivity index (χ0n) is 14.0. The number of hydrogen-bond donors (Lipinski definition) is 2. The number of methoxy groups -OCH3 is 1. The van der Waals surface area contributed by atoms with Crippen molar-refractivity contribution in [1.82, 2.24) is 30.1 Å². The van der Waals surface area contributed by atoms with Crippen LogP contribution in [0.25, 0.3) is 11.2 Å². The second-order valence-corrected chi connectivity index (χ2v) is 6.08. The molecule has 4 heterocycles. The highest BCUT2D eigenvalue weighted by Gasteiger charge is 2.28. The molecule has 1 aliphatic heterocycles. The van der Waals surface area contributed by atoms with Gasteiger partial charge in [0.15, 0.2) is 17.3 Å². The van der Waals surface area contributed by atoms with Crippen molar-refractivity contribution >= 4 is 22.9 Å². The molecule has 3 aromatic heterocycles. The number of anilines is 2. The molecule has 0 aromatic carbocycles. The van der Waals surface area contributed by atoms with Gasteiger partial charge >= 0.3 is 0 Å². The first kappa shape index (κ1) is 15.8. The number of nitrogens with two attached hydrogens (primary N) is 1. The Bertz CT molecular complexity index is 860. The number of nitrogens with one attached hydrogen (secondary N) is 1. The van der Waals surface area contributed by atoms with Gasteiger partial charge in [-0.1, -0.05) is 5.16 Å². The summed E-state index contributed by atoms with van der Waals surface area (Å²) in [5, 5.41) is 4.04. The summed E-state index contributed by atoms with van der Waals surface area (Å²) in [5.74, 6) is 2.49. The Morgan fingerprint density at radius 2 is 2.32 bits per heavy atom. The standard InChI is InChI=1S/C15H20N8O2/c1-24-6-4-10-19-14(25-22-10)9-3-2-5-23(7-9)13-11-12(18-8-17-11)20-15(16)21-13/h8-9H,2-7H2,1H3,(H3,16,17,18,20,21)/t9-/m0/s1. The Hall–Kier alpha value is -2.75. The van der Waals surface area contributed by atoms with Gasteiger partial charge in [-0.25, -0.2) is 4.98 Å². The third-order valence-corrected chi connectivity index (χ3v) is 4.37. The zero-order chi connectivity index (χ0) is 17.2. The fourth-order valence-electron chi connectivity index (χ4n) is 3.16. The molecule has 10 nitrogen and oxygen atoms in total. The Kier molecular flexibility index (Phi) is 4.18. The maximum absolute atomic E-state index is 5.83. The highest BCUT2D eigenvalue weighted by Crippen LogP contribution is 2.31. The predicted octanol–water partition coefficient (Wildman–Crippen LogP) is 0.891. The van der Waals surface area contributed by atoms with E-state index in [1.165, 1.54) is 0 Å². The van der Waals surface area contributed by atoms with Crippen molar-refractivity contribution in [2.24, 2.45) is 0 Å². The zero-order valence-corrected chi connectivity index (χ0v) is 14.0. The number of aromatic nitrogens is 6. The normalized spacial score (nSPS) is 18.1. The first-order valence-electron chi connectivity index (χ1n) is 8.27. The topological polar surface area (TPSA) is 132 Å². The average Bonchev–Trinajstić information content (AvgIpc) is 3.28. The Labute approximate surface area is 143 Å². The van der Waals surface area contributed by atoms with Crippen LogP contribution in [0.5, 0.6) is 0 Å². The summed E-state index contributed by atoms with van der Waals surface area (Å²) in [5.41, 5.74) is 7.20. The van der Waals surface area contributed by atoms with Crippen molar-refractivity contribution in [2.45, 2.75) is 25.2 Å². The smallest absolute Gasteiger partial charge is 0.231 e. The molecule has 1 saturated heterocycles. The van der Waals surface area contributed by atoms with E-state index in [-0.39, 0.29) is 11.9 Å². The first-order chi connectivity index (χ1) is 12.2. The van der Waals surface area contributed by atoms with Crippen LogP contribution in [0.3, 0.4) is 0 Å². The van der Waals surface area contributed by atoms with Gasteiger partial charge in [-0.05, 0) is 12.8 Å². The molecule has 0 bridgehead atoms. The van der Waals surface area contributed by atoms with Crippen molar-refractivity contribution in [1.29, 1.82) is 0 Å². The van der Waals surface area contributed by atoms with E-state index in [4.69, 9.17) is 15.0 Å². The van der Waals surface area contributed by atoms with E-state index in [0.717, 1.165) is 37.3 Å². The summed E-state index contributed by atoms with van der Waals surface area (Å²) >= 11 is 0. The van der Waals surface area contributed by atoms with Crippen LogP contribution in [-0.2, 0) is 11.2 Å². The van der Waals surface area contributed by atoms with Gasteiger partial charge in [0.2, 0.25) is 11.8 Å². The molecule has 0 aliphatic carbocycles. The Morgan fingerprint density at radius 1 is 1.40 bits per heavy atom. The number of hydrogen-bond acceptors (Lipinski definition) is 9. The summed E-state index contributed by atoms with van der Waals surface area (Å²) in [6.07, 6.45) is 4.24. The van der Waals surface area contributed by atoms with E-state index in [2.05, 4.69) is 35.0 Å². The van der Waals surface area contributed by atoms with Crippen molar-refractivity contribution in [3.8, 4) is 0 Å². The highest BCUT2D eigenvalue weighted by atomic mass is 16.5. The molecule has 132 valence electrons. The third kappa shape index (κ3) is 3.12. The van der Waals surface area contributed by atoms with Gasteiger partial charge in [0, 0.05) is 26.6 Å². The van der Waals surface area contributed by atoms with Crippen LogP contribution >= 0.6 is 0 Å². The molecule has 4 rings (SSSR count). The van der Waals surface area contributed by atoms with Crippen LogP contribution in [-0.4, -0.2) is 56.9 Å². The molecule has 0 amide bonds. The van der Waals surface area contributed by atoms with Crippen LogP contribution in [0.4, 0.5) is 11.8 Å². The number of nitrogen functional groups attached to an aromatic ring is 1. The lowest BCUT2D eigenvalue weighted by atomic mass is 9.98. The molecule has 25 heavy (non-hydrogen) atoms. The largest absolute Gasteiger partial charge is 0.384 e. The Morgan fingerprint density at radius 3 is 3.20 bits per heavy atom. The summed E-state index contributed by atoms with van der Waals surface area (Å²) in [7, 11) is 1.66. The second-order valence-electron chi connectivity index (χ2n) is 6.08. The molecule has 0 unspecified atom stereocenters. The molecular formula is C15H20N8O2. The third-order valence-electron chi connectivity index (χ3n) is 4.37. The van der Waals surface area contributed by atoms with E-state index in [1.54, 1.807) is 13.4 Å². The minimum Gasteiger partial charge on any atom is -0.384 e. The minimum atomic E-state index is 0.159. The number of H-pyrrole nitrogens is 1. The number of ether oxygens (including phenoxy) is 1. The van der Waals surface area contributed by atoms with E-state index >= 15 is 0 Å². The van der Waals surface area contributed by atoms with E-state index in [9.17, 15) is 0 Å². The van der Waals surface area contributed by atoms with Crippen LogP contribution in [0.2, 0.25) is 0 Å². The number of fused-ring (bicyclic) bond motifs is 1. The number of imidazole rings is 1. The highest BCUT2D eigenvalue weighted by molar-refractivity contribution is 5.84. The van der Waals surface area contributed by atoms with Crippen molar-refractivity contribution < 1.29 is 9.26 Å². The monoisotopic (exact) mass is 344 g/mol. The summed E-state index contributed by atoms with van der Waals surface area (Å²) in [6, 6.07) is 0. The van der Waals surface area contributed by atoms with Gasteiger partial charge in [-0.2, -0.15) is 15.0 Å². The van der Waals surface area contributed by atoms with Crippen LogP contribution in [0.1, 0.15) is 30.5 Å². The maximum Gasteiger partial charge on any atom is 0.231 e. The number of piperidine rings is 1. The van der Waals surface area contributed by atoms with Gasteiger partial charge in [0.1, 0.15) is 5.52 Å². The average molecular weight is 344 g/mol. The van der Waals surface area contributed by atoms with Crippen molar-refractivity contribution in [3.63, 3.8) is 0 Å². The molecule has 10 heteroatoms. The van der Waals surface area contributed by atoms with Crippen LogP contribution in [0, 0.1) is 0 Å². The van der Waals surface area contributed by atoms with Gasteiger partial charge in [0.05, 0.1) is 18.9 Å². The Balaban J connectivity index is 1.56. The van der Waals surface area contributed by atoms with Crippen molar-refractivity contribution in [3.05, 3.63) is 18.0 Å².